The molecule has 0 amide bonds. The van der Waals surface area contributed by atoms with Gasteiger partial charge in [0.1, 0.15) is 5.52 Å². The highest BCUT2D eigenvalue weighted by Crippen LogP contribution is 2.26. The highest BCUT2D eigenvalue weighted by Gasteiger charge is 2.21. The fourth-order valence-corrected chi connectivity index (χ4v) is 1.30. The Morgan fingerprint density at radius 1 is 1.21 bits per heavy atom. The Bertz CT molecular complexity index is 466. The zero-order chi connectivity index (χ0) is 10.3. The van der Waals surface area contributed by atoms with Crippen LogP contribution in [0.2, 0.25) is 0 Å². The van der Waals surface area contributed by atoms with Crippen LogP contribution in [0.25, 0.3) is 11.1 Å². The van der Waals surface area contributed by atoms with E-state index in [0.29, 0.717) is 0 Å². The molecule has 14 heavy (non-hydrogen) atoms. The second-order valence-electron chi connectivity index (χ2n) is 4.57. The van der Waals surface area contributed by atoms with Crippen LogP contribution in [0.4, 0.5) is 0 Å². The molecule has 0 unspecified atom stereocenters. The lowest BCUT2D eigenvalue weighted by Crippen LogP contribution is -2.11. The van der Waals surface area contributed by atoms with Crippen molar-refractivity contribution in [2.45, 2.75) is 33.1 Å². The van der Waals surface area contributed by atoms with Gasteiger partial charge >= 0.3 is 0 Å². The minimum absolute atomic E-state index is 0.0501. The molecule has 0 bridgehead atoms. The molecule has 0 N–H and O–H groups in total. The predicted octanol–water partition coefficient (Wildman–Crippen LogP) is 2.83. The van der Waals surface area contributed by atoms with Crippen molar-refractivity contribution in [3.8, 4) is 0 Å². The number of oxazole rings is 1. The van der Waals surface area contributed by atoms with Crippen LogP contribution in [0, 0.1) is 6.92 Å². The summed E-state index contributed by atoms with van der Waals surface area (Å²) in [5.41, 5.74) is 2.70. The average molecular weight is 190 g/mol. The minimum Gasteiger partial charge on any atom is -0.438 e. The smallest absolute Gasteiger partial charge is 0.200 e. The van der Waals surface area contributed by atoms with Gasteiger partial charge in [-0.15, -0.1) is 0 Å². The lowest BCUT2D eigenvalue weighted by molar-refractivity contribution is 0.410. The van der Waals surface area contributed by atoms with E-state index in [-0.39, 0.29) is 5.41 Å². The molecule has 0 aliphatic carbocycles. The van der Waals surface area contributed by atoms with E-state index < -0.39 is 0 Å². The van der Waals surface area contributed by atoms with Crippen molar-refractivity contribution in [3.05, 3.63) is 23.8 Å². The van der Waals surface area contributed by atoms with Crippen molar-refractivity contribution in [2.75, 3.05) is 0 Å². The van der Waals surface area contributed by atoms with Gasteiger partial charge in [-0.1, -0.05) is 20.8 Å². The van der Waals surface area contributed by atoms with Crippen LogP contribution in [-0.4, -0.2) is 9.97 Å². The first-order valence-corrected chi connectivity index (χ1v) is 4.70. The van der Waals surface area contributed by atoms with E-state index in [9.17, 15) is 0 Å². The van der Waals surface area contributed by atoms with Gasteiger partial charge in [-0.25, -0.2) is 4.98 Å². The molecule has 2 aromatic rings. The van der Waals surface area contributed by atoms with E-state index in [4.69, 9.17) is 4.42 Å². The third-order valence-corrected chi connectivity index (χ3v) is 2.13. The quantitative estimate of drug-likeness (QED) is 0.641. The monoisotopic (exact) mass is 190 g/mol. The molecule has 2 rings (SSSR count). The van der Waals surface area contributed by atoms with Crippen molar-refractivity contribution in [1.82, 2.24) is 9.97 Å². The topological polar surface area (TPSA) is 38.9 Å². The molecular formula is C11H14N2O. The van der Waals surface area contributed by atoms with E-state index >= 15 is 0 Å². The van der Waals surface area contributed by atoms with Crippen LogP contribution in [0.3, 0.4) is 0 Å². The molecular weight excluding hydrogens is 176 g/mol. The Morgan fingerprint density at radius 2 is 1.93 bits per heavy atom. The van der Waals surface area contributed by atoms with Gasteiger partial charge in [-0.05, 0) is 12.5 Å². The van der Waals surface area contributed by atoms with E-state index in [0.717, 1.165) is 22.6 Å². The standard InChI is InChI=1S/C11H14N2O/c1-7-5-12-6-8-9(7)13-10(14-8)11(2,3)4/h5-6H,1-4H3. The number of aryl methyl sites for hydroxylation is 1. The summed E-state index contributed by atoms with van der Waals surface area (Å²) in [6.45, 7) is 8.24. The first kappa shape index (κ1) is 9.19. The molecule has 0 saturated carbocycles. The number of fused-ring (bicyclic) bond motifs is 1. The number of aromatic nitrogens is 2. The first-order valence-electron chi connectivity index (χ1n) is 4.70. The number of pyridine rings is 1. The van der Waals surface area contributed by atoms with Gasteiger partial charge in [0.15, 0.2) is 5.58 Å². The lowest BCUT2D eigenvalue weighted by atomic mass is 9.97. The Hall–Kier alpha value is -1.38. The zero-order valence-corrected chi connectivity index (χ0v) is 8.96. The number of rotatable bonds is 0. The number of hydrogen-bond acceptors (Lipinski definition) is 3. The molecule has 74 valence electrons. The SMILES string of the molecule is Cc1cncc2oc(C(C)(C)C)nc12. The van der Waals surface area contributed by atoms with Crippen LogP contribution in [0.1, 0.15) is 32.2 Å². The molecule has 3 heteroatoms. The number of hydrogen-bond donors (Lipinski definition) is 0. The molecule has 2 heterocycles. The maximum Gasteiger partial charge on any atom is 0.200 e. The normalized spacial score (nSPS) is 12.3. The summed E-state index contributed by atoms with van der Waals surface area (Å²) >= 11 is 0. The summed E-state index contributed by atoms with van der Waals surface area (Å²) in [4.78, 5) is 8.55. The average Bonchev–Trinajstić information content (AvgIpc) is 2.48. The summed E-state index contributed by atoms with van der Waals surface area (Å²) in [6.07, 6.45) is 3.52. The highest BCUT2D eigenvalue weighted by molar-refractivity contribution is 5.75. The fourth-order valence-electron chi connectivity index (χ4n) is 1.30. The Balaban J connectivity index is 2.69. The zero-order valence-electron chi connectivity index (χ0n) is 8.96. The third-order valence-electron chi connectivity index (χ3n) is 2.13. The molecule has 0 aliphatic heterocycles. The lowest BCUT2D eigenvalue weighted by Gasteiger charge is -2.11. The summed E-state index contributed by atoms with van der Waals surface area (Å²) in [6, 6.07) is 0. The summed E-state index contributed by atoms with van der Waals surface area (Å²) in [7, 11) is 0. The summed E-state index contributed by atoms with van der Waals surface area (Å²) in [5, 5.41) is 0. The fraction of sp³-hybridized carbons (Fsp3) is 0.455. The largest absolute Gasteiger partial charge is 0.438 e. The Kier molecular flexibility index (Phi) is 1.84. The molecule has 0 radical (unpaired) electrons. The van der Waals surface area contributed by atoms with Gasteiger partial charge in [0.05, 0.1) is 6.20 Å². The van der Waals surface area contributed by atoms with Gasteiger partial charge in [0, 0.05) is 11.6 Å². The minimum atomic E-state index is -0.0501. The second kappa shape index (κ2) is 2.80. The van der Waals surface area contributed by atoms with Crippen molar-refractivity contribution < 1.29 is 4.42 Å². The molecule has 0 aliphatic rings. The van der Waals surface area contributed by atoms with Crippen molar-refractivity contribution in [1.29, 1.82) is 0 Å². The Labute approximate surface area is 83.2 Å². The maximum atomic E-state index is 5.64. The maximum absolute atomic E-state index is 5.64. The van der Waals surface area contributed by atoms with Gasteiger partial charge in [-0.2, -0.15) is 0 Å². The van der Waals surface area contributed by atoms with Crippen molar-refractivity contribution in [2.24, 2.45) is 0 Å². The molecule has 3 nitrogen and oxygen atoms in total. The van der Waals surface area contributed by atoms with Crippen LogP contribution in [0.15, 0.2) is 16.8 Å². The predicted molar refractivity (Wildman–Crippen MR) is 55.2 cm³/mol. The highest BCUT2D eigenvalue weighted by atomic mass is 16.3. The molecule has 0 aromatic carbocycles. The van der Waals surface area contributed by atoms with Gasteiger partial charge < -0.3 is 4.42 Å². The van der Waals surface area contributed by atoms with Gasteiger partial charge in [-0.3, -0.25) is 4.98 Å². The van der Waals surface area contributed by atoms with Crippen LogP contribution in [-0.2, 0) is 5.41 Å². The van der Waals surface area contributed by atoms with Crippen LogP contribution >= 0.6 is 0 Å². The van der Waals surface area contributed by atoms with Crippen LogP contribution in [0.5, 0.6) is 0 Å². The van der Waals surface area contributed by atoms with E-state index in [1.54, 1.807) is 12.4 Å². The third kappa shape index (κ3) is 1.39. The van der Waals surface area contributed by atoms with Crippen molar-refractivity contribution >= 4 is 11.1 Å². The van der Waals surface area contributed by atoms with Gasteiger partial charge in [0.25, 0.3) is 0 Å². The van der Waals surface area contributed by atoms with Crippen molar-refractivity contribution in [3.63, 3.8) is 0 Å². The van der Waals surface area contributed by atoms with E-state index in [1.807, 2.05) is 6.92 Å². The Morgan fingerprint density at radius 3 is 2.50 bits per heavy atom. The number of nitrogens with zero attached hydrogens (tertiary/aromatic N) is 2. The van der Waals surface area contributed by atoms with E-state index in [2.05, 4.69) is 30.7 Å². The molecule has 0 saturated heterocycles. The van der Waals surface area contributed by atoms with Gasteiger partial charge in [0.2, 0.25) is 5.89 Å². The summed E-state index contributed by atoms with van der Waals surface area (Å²) < 4.78 is 5.64. The van der Waals surface area contributed by atoms with E-state index in [1.165, 1.54) is 0 Å². The summed E-state index contributed by atoms with van der Waals surface area (Å²) in [5.74, 6) is 0.767. The molecule has 0 fully saturated rings. The second-order valence-corrected chi connectivity index (χ2v) is 4.57. The molecule has 0 spiro atoms. The van der Waals surface area contributed by atoms with Crippen LogP contribution < -0.4 is 0 Å². The first-order chi connectivity index (χ1) is 6.48. The molecule has 0 atom stereocenters. The molecule has 2 aromatic heterocycles.